The van der Waals surface area contributed by atoms with E-state index in [9.17, 15) is 4.79 Å². The van der Waals surface area contributed by atoms with Crippen molar-refractivity contribution in [2.45, 2.75) is 25.8 Å². The number of nitrogens with one attached hydrogen (secondary N) is 1. The number of carbonyl (C=O) groups is 1. The summed E-state index contributed by atoms with van der Waals surface area (Å²) in [6.45, 7) is 3.80. The van der Waals surface area contributed by atoms with Gasteiger partial charge in [0.15, 0.2) is 0 Å². The van der Waals surface area contributed by atoms with Gasteiger partial charge in [0.1, 0.15) is 0 Å². The normalized spacial score (nSPS) is 18.3. The Balaban J connectivity index is 0.00000180. The summed E-state index contributed by atoms with van der Waals surface area (Å²) in [4.78, 5) is 14.6. The van der Waals surface area contributed by atoms with Crippen molar-refractivity contribution < 1.29 is 4.79 Å². The highest BCUT2D eigenvalue weighted by Crippen LogP contribution is 2.22. The van der Waals surface area contributed by atoms with Crippen molar-refractivity contribution in [2.24, 2.45) is 0 Å². The summed E-state index contributed by atoms with van der Waals surface area (Å²) in [5, 5.41) is 3.18. The number of likely N-dealkylation sites (tertiary alicyclic amines) is 1. The second kappa shape index (κ2) is 7.45. The molecule has 0 aliphatic carbocycles. The minimum absolute atomic E-state index is 0. The average molecular weight is 395 g/mol. The summed E-state index contributed by atoms with van der Waals surface area (Å²) < 4.78 is 1.04. The van der Waals surface area contributed by atoms with Crippen molar-refractivity contribution in [3.8, 4) is 0 Å². The molecule has 1 aliphatic heterocycles. The lowest BCUT2D eigenvalue weighted by molar-refractivity contribution is 0.0736. The maximum Gasteiger partial charge on any atom is 0.255 e. The van der Waals surface area contributed by atoms with E-state index in [1.165, 1.54) is 0 Å². The van der Waals surface area contributed by atoms with Crippen LogP contribution in [0.2, 0.25) is 0 Å². The highest BCUT2D eigenvalue weighted by Gasteiger charge is 2.29. The van der Waals surface area contributed by atoms with Gasteiger partial charge in [-0.1, -0.05) is 11.6 Å². The van der Waals surface area contributed by atoms with Gasteiger partial charge in [-0.3, -0.25) is 4.79 Å². The van der Waals surface area contributed by atoms with Gasteiger partial charge in [0.2, 0.25) is 0 Å². The van der Waals surface area contributed by atoms with Gasteiger partial charge in [-0.05, 0) is 61.5 Å². The monoisotopic (exact) mass is 394 g/mol. The van der Waals surface area contributed by atoms with E-state index in [2.05, 4.69) is 27.9 Å². The number of rotatable bonds is 3. The zero-order chi connectivity index (χ0) is 13.1. The van der Waals surface area contributed by atoms with E-state index >= 15 is 0 Å². The Morgan fingerprint density at radius 3 is 2.95 bits per heavy atom. The molecule has 0 aromatic heterocycles. The molecule has 1 atom stereocenters. The Kier molecular flexibility index (Phi) is 6.56. The maximum atomic E-state index is 12.6. The van der Waals surface area contributed by atoms with E-state index in [0.717, 1.165) is 40.6 Å². The topological polar surface area (TPSA) is 32.3 Å². The molecule has 5 heteroatoms. The third kappa shape index (κ3) is 3.83. The maximum absolute atomic E-state index is 12.6. The Morgan fingerprint density at radius 1 is 1.53 bits per heavy atom. The first-order chi connectivity index (χ1) is 8.63. The average Bonchev–Trinajstić information content (AvgIpc) is 2.80. The van der Waals surface area contributed by atoms with E-state index in [4.69, 9.17) is 0 Å². The van der Waals surface area contributed by atoms with Crippen LogP contribution in [0.1, 0.15) is 28.8 Å². The van der Waals surface area contributed by atoms with Crippen LogP contribution in [0.3, 0.4) is 0 Å². The van der Waals surface area contributed by atoms with E-state index in [1.54, 1.807) is 0 Å². The Labute approximate surface area is 134 Å². The highest BCUT2D eigenvalue weighted by molar-refractivity contribution is 14.1. The van der Waals surface area contributed by atoms with Crippen LogP contribution in [0.25, 0.3) is 0 Å². The van der Waals surface area contributed by atoms with E-state index in [1.807, 2.05) is 37.1 Å². The third-order valence-electron chi connectivity index (χ3n) is 3.43. The smallest absolute Gasteiger partial charge is 0.255 e. The molecule has 0 saturated carbocycles. The van der Waals surface area contributed by atoms with E-state index in [-0.39, 0.29) is 18.3 Å². The fourth-order valence-electron chi connectivity index (χ4n) is 2.51. The molecule has 2 rings (SSSR count). The number of hydrogen-bond donors (Lipinski definition) is 1. The molecule has 1 aromatic carbocycles. The van der Waals surface area contributed by atoms with Gasteiger partial charge >= 0.3 is 0 Å². The van der Waals surface area contributed by atoms with Crippen LogP contribution < -0.4 is 5.32 Å². The lowest BCUT2D eigenvalue weighted by Gasteiger charge is -2.25. The quantitative estimate of drug-likeness (QED) is 0.800. The molecule has 0 spiro atoms. The Bertz CT molecular complexity index is 453. The van der Waals surface area contributed by atoms with Crippen LogP contribution in [-0.4, -0.2) is 37.0 Å². The number of benzene rings is 1. The van der Waals surface area contributed by atoms with Crippen LogP contribution in [0.5, 0.6) is 0 Å². The number of aryl methyl sites for hydroxylation is 1. The van der Waals surface area contributed by atoms with Gasteiger partial charge in [-0.2, -0.15) is 0 Å². The molecule has 1 amide bonds. The van der Waals surface area contributed by atoms with Gasteiger partial charge in [-0.15, -0.1) is 12.4 Å². The van der Waals surface area contributed by atoms with Gasteiger partial charge in [0.05, 0.1) is 5.56 Å². The number of carbonyl (C=O) groups excluding carboxylic acids is 1. The molecule has 1 unspecified atom stereocenters. The Hall–Kier alpha value is -0.330. The van der Waals surface area contributed by atoms with Gasteiger partial charge in [0.25, 0.3) is 5.91 Å². The minimum atomic E-state index is 0. The van der Waals surface area contributed by atoms with Crippen molar-refractivity contribution in [1.82, 2.24) is 10.2 Å². The molecule has 3 nitrogen and oxygen atoms in total. The molecule has 1 heterocycles. The zero-order valence-electron chi connectivity index (χ0n) is 11.3. The fraction of sp³-hybridized carbons (Fsp3) is 0.500. The van der Waals surface area contributed by atoms with E-state index in [0.29, 0.717) is 6.04 Å². The number of amides is 1. The molecular formula is C14H20ClIN2O. The molecule has 1 saturated heterocycles. The number of halogens is 2. The lowest BCUT2D eigenvalue weighted by atomic mass is 10.1. The summed E-state index contributed by atoms with van der Waals surface area (Å²) in [5.74, 6) is 0.181. The molecule has 1 aromatic rings. The summed E-state index contributed by atoms with van der Waals surface area (Å²) >= 11 is 2.24. The SMILES string of the molecule is CNCC1CCCN1C(=O)c1cc(C)ccc1I.Cl. The first-order valence-corrected chi connectivity index (χ1v) is 7.43. The Morgan fingerprint density at radius 2 is 2.26 bits per heavy atom. The van der Waals surface area contributed by atoms with Gasteiger partial charge in [-0.25, -0.2) is 0 Å². The second-order valence-corrected chi connectivity index (χ2v) is 6.00. The third-order valence-corrected chi connectivity index (χ3v) is 4.37. The first-order valence-electron chi connectivity index (χ1n) is 6.35. The van der Waals surface area contributed by atoms with Crippen LogP contribution >= 0.6 is 35.0 Å². The number of nitrogens with zero attached hydrogens (tertiary/aromatic N) is 1. The first kappa shape index (κ1) is 16.7. The summed E-state index contributed by atoms with van der Waals surface area (Å²) in [7, 11) is 1.94. The van der Waals surface area contributed by atoms with Crippen molar-refractivity contribution >= 4 is 40.9 Å². The molecular weight excluding hydrogens is 375 g/mol. The summed E-state index contributed by atoms with van der Waals surface area (Å²) in [5.41, 5.74) is 1.99. The molecule has 0 bridgehead atoms. The fourth-order valence-corrected chi connectivity index (χ4v) is 3.07. The largest absolute Gasteiger partial charge is 0.334 e. The second-order valence-electron chi connectivity index (χ2n) is 4.84. The van der Waals surface area contributed by atoms with E-state index < -0.39 is 0 Å². The van der Waals surface area contributed by atoms with Gasteiger partial charge in [0, 0.05) is 22.7 Å². The standard InChI is InChI=1S/C14H19IN2O.ClH/c1-10-5-6-13(15)12(8-10)14(18)17-7-3-4-11(17)9-16-2;/h5-6,8,11,16H,3-4,7,9H2,1-2H3;1H. The predicted octanol–water partition coefficient (Wildman–Crippen LogP) is 2.85. The van der Waals surface area contributed by atoms with Crippen molar-refractivity contribution in [2.75, 3.05) is 20.1 Å². The number of likely N-dealkylation sites (N-methyl/N-ethyl adjacent to an activating group) is 1. The van der Waals surface area contributed by atoms with Crippen LogP contribution in [0.15, 0.2) is 18.2 Å². The molecule has 1 aliphatic rings. The zero-order valence-corrected chi connectivity index (χ0v) is 14.3. The van der Waals surface area contributed by atoms with Crippen LogP contribution in [0, 0.1) is 10.5 Å². The van der Waals surface area contributed by atoms with Crippen molar-refractivity contribution in [1.29, 1.82) is 0 Å². The molecule has 19 heavy (non-hydrogen) atoms. The lowest BCUT2D eigenvalue weighted by Crippen LogP contribution is -2.41. The van der Waals surface area contributed by atoms with Crippen molar-refractivity contribution in [3.63, 3.8) is 0 Å². The molecule has 1 N–H and O–H groups in total. The van der Waals surface area contributed by atoms with Gasteiger partial charge < -0.3 is 10.2 Å². The summed E-state index contributed by atoms with van der Waals surface area (Å²) in [6, 6.07) is 6.41. The molecule has 106 valence electrons. The summed E-state index contributed by atoms with van der Waals surface area (Å²) in [6.07, 6.45) is 2.22. The molecule has 1 fully saturated rings. The predicted molar refractivity (Wildman–Crippen MR) is 89.1 cm³/mol. The molecule has 0 radical (unpaired) electrons. The van der Waals surface area contributed by atoms with Crippen LogP contribution in [0.4, 0.5) is 0 Å². The minimum Gasteiger partial charge on any atom is -0.334 e. The van der Waals surface area contributed by atoms with Crippen LogP contribution in [-0.2, 0) is 0 Å². The highest BCUT2D eigenvalue weighted by atomic mass is 127. The number of hydrogen-bond acceptors (Lipinski definition) is 2. The van der Waals surface area contributed by atoms with Crippen molar-refractivity contribution in [3.05, 3.63) is 32.9 Å².